The average Bonchev–Trinajstić information content (AvgIpc) is 2.61. The minimum Gasteiger partial charge on any atom is -0.495 e. The molecule has 2 N–H and O–H groups in total. The van der Waals surface area contributed by atoms with Gasteiger partial charge in [0.15, 0.2) is 0 Å². The lowest BCUT2D eigenvalue weighted by Crippen LogP contribution is -2.50. The van der Waals surface area contributed by atoms with Crippen molar-refractivity contribution in [2.45, 2.75) is 45.3 Å². The van der Waals surface area contributed by atoms with E-state index in [1.807, 2.05) is 45.9 Å². The van der Waals surface area contributed by atoms with E-state index in [1.54, 1.807) is 13.2 Å². The van der Waals surface area contributed by atoms with Crippen molar-refractivity contribution >= 4 is 17.3 Å². The number of benzene rings is 2. The number of nitrogens with zero attached hydrogens (tertiary/aromatic N) is 1. The summed E-state index contributed by atoms with van der Waals surface area (Å²) in [4.78, 5) is 0. The van der Waals surface area contributed by atoms with Crippen molar-refractivity contribution in [3.8, 4) is 22.9 Å². The van der Waals surface area contributed by atoms with E-state index in [-0.39, 0.29) is 5.92 Å². The van der Waals surface area contributed by atoms with Crippen LogP contribution in [0.5, 0.6) is 5.75 Å². The molecule has 0 unspecified atom stereocenters. The molecule has 1 heterocycles. The van der Waals surface area contributed by atoms with E-state index in [4.69, 9.17) is 16.3 Å². The molecule has 0 radical (unpaired) electrons. The summed E-state index contributed by atoms with van der Waals surface area (Å²) in [5.74, 6) is 0.381. The molecule has 1 aliphatic heterocycles. The van der Waals surface area contributed by atoms with Crippen LogP contribution in [-0.4, -0.2) is 23.9 Å². The van der Waals surface area contributed by atoms with Crippen molar-refractivity contribution in [1.82, 2.24) is 0 Å². The Balaban J connectivity index is 2.29. The molecular weight excluding hydrogens is 348 g/mol. The Morgan fingerprint density at radius 3 is 2.62 bits per heavy atom. The van der Waals surface area contributed by atoms with Gasteiger partial charge in [0.1, 0.15) is 11.8 Å². The second-order valence-corrected chi connectivity index (χ2v) is 7.80. The van der Waals surface area contributed by atoms with Gasteiger partial charge in [-0.25, -0.2) is 0 Å². The van der Waals surface area contributed by atoms with E-state index >= 15 is 0 Å². The number of aliphatic hydroxyl groups is 1. The molecule has 0 aliphatic carbocycles. The van der Waals surface area contributed by atoms with Crippen molar-refractivity contribution in [3.05, 3.63) is 46.0 Å². The number of nitriles is 1. The van der Waals surface area contributed by atoms with Gasteiger partial charge >= 0.3 is 0 Å². The summed E-state index contributed by atoms with van der Waals surface area (Å²) in [5.41, 5.74) is 4.50. The topological polar surface area (TPSA) is 65.3 Å². The molecule has 2 atom stereocenters. The molecule has 4 nitrogen and oxygen atoms in total. The lowest BCUT2D eigenvalue weighted by Gasteiger charge is -2.43. The van der Waals surface area contributed by atoms with Crippen molar-refractivity contribution in [3.63, 3.8) is 0 Å². The SMILES string of the molecule is COc1c(C#N)cccc1-c1cc(C)c2c(c1Cl)[C@@H](C)[C@H](O)C(C)(C)N2. The zero-order chi connectivity index (χ0) is 19.2. The van der Waals surface area contributed by atoms with E-state index in [9.17, 15) is 10.4 Å². The molecule has 2 aromatic carbocycles. The Morgan fingerprint density at radius 1 is 1.31 bits per heavy atom. The Bertz CT molecular complexity index is 915. The van der Waals surface area contributed by atoms with Crippen LogP contribution in [0.2, 0.25) is 5.02 Å². The quantitative estimate of drug-likeness (QED) is 0.791. The van der Waals surface area contributed by atoms with E-state index in [0.717, 1.165) is 27.9 Å². The summed E-state index contributed by atoms with van der Waals surface area (Å²) in [6, 6.07) is 9.60. The number of fused-ring (bicyclic) bond motifs is 1. The molecule has 0 amide bonds. The number of halogens is 1. The van der Waals surface area contributed by atoms with Gasteiger partial charge in [-0.3, -0.25) is 0 Å². The molecule has 0 saturated heterocycles. The molecular formula is C21H23ClN2O2. The molecule has 5 heteroatoms. The number of para-hydroxylation sites is 1. The van der Waals surface area contributed by atoms with Crippen LogP contribution in [-0.2, 0) is 0 Å². The highest BCUT2D eigenvalue weighted by Gasteiger charge is 2.40. The number of rotatable bonds is 2. The number of anilines is 1. The third-order valence-corrected chi connectivity index (χ3v) is 5.65. The van der Waals surface area contributed by atoms with Crippen molar-refractivity contribution in [1.29, 1.82) is 5.26 Å². The number of methoxy groups -OCH3 is 1. The third kappa shape index (κ3) is 2.72. The highest BCUT2D eigenvalue weighted by Crippen LogP contribution is 2.49. The van der Waals surface area contributed by atoms with Gasteiger partial charge in [0, 0.05) is 28.3 Å². The van der Waals surface area contributed by atoms with Gasteiger partial charge in [-0.05, 0) is 38.5 Å². The number of hydrogen-bond donors (Lipinski definition) is 2. The molecule has 0 aromatic heterocycles. The summed E-state index contributed by atoms with van der Waals surface area (Å²) in [5, 5.41) is 24.1. The second-order valence-electron chi connectivity index (χ2n) is 7.42. The molecule has 0 saturated carbocycles. The fourth-order valence-corrected chi connectivity index (χ4v) is 4.27. The first-order chi connectivity index (χ1) is 12.2. The molecule has 0 fully saturated rings. The van der Waals surface area contributed by atoms with Gasteiger partial charge in [-0.15, -0.1) is 0 Å². The van der Waals surface area contributed by atoms with Crippen LogP contribution < -0.4 is 10.1 Å². The van der Waals surface area contributed by atoms with Crippen LogP contribution in [0.25, 0.3) is 11.1 Å². The number of nitrogens with one attached hydrogen (secondary N) is 1. The third-order valence-electron chi connectivity index (χ3n) is 5.24. The minimum absolute atomic E-state index is 0.127. The van der Waals surface area contributed by atoms with Gasteiger partial charge in [0.05, 0.1) is 29.3 Å². The summed E-state index contributed by atoms with van der Waals surface area (Å²) in [6.07, 6.45) is -0.575. The first kappa shape index (κ1) is 18.6. The van der Waals surface area contributed by atoms with E-state index in [0.29, 0.717) is 16.3 Å². The van der Waals surface area contributed by atoms with E-state index in [2.05, 4.69) is 11.4 Å². The van der Waals surface area contributed by atoms with Crippen molar-refractivity contribution in [2.75, 3.05) is 12.4 Å². The number of ether oxygens (including phenoxy) is 1. The van der Waals surface area contributed by atoms with Gasteiger partial charge < -0.3 is 15.2 Å². The second kappa shape index (κ2) is 6.50. The number of aryl methyl sites for hydroxylation is 1. The van der Waals surface area contributed by atoms with Crippen LogP contribution in [0.4, 0.5) is 5.69 Å². The minimum atomic E-state index is -0.575. The Hall–Kier alpha value is -2.22. The lowest BCUT2D eigenvalue weighted by molar-refractivity contribution is 0.0869. The van der Waals surface area contributed by atoms with E-state index < -0.39 is 11.6 Å². The Labute approximate surface area is 159 Å². The van der Waals surface area contributed by atoms with Crippen LogP contribution in [0.3, 0.4) is 0 Å². The Morgan fingerprint density at radius 2 is 2.00 bits per heavy atom. The van der Waals surface area contributed by atoms with Crippen molar-refractivity contribution in [2.24, 2.45) is 0 Å². The Kier molecular flexibility index (Phi) is 4.64. The molecule has 26 heavy (non-hydrogen) atoms. The fourth-order valence-electron chi connectivity index (χ4n) is 3.84. The fraction of sp³-hybridized carbons (Fsp3) is 0.381. The van der Waals surface area contributed by atoms with Gasteiger partial charge in [0.2, 0.25) is 0 Å². The van der Waals surface area contributed by atoms with Crippen LogP contribution >= 0.6 is 11.6 Å². The largest absolute Gasteiger partial charge is 0.495 e. The molecule has 2 aromatic rings. The monoisotopic (exact) mass is 370 g/mol. The summed E-state index contributed by atoms with van der Waals surface area (Å²) in [7, 11) is 1.55. The molecule has 0 bridgehead atoms. The predicted molar refractivity (Wildman–Crippen MR) is 105 cm³/mol. The van der Waals surface area contributed by atoms with Gasteiger partial charge in [-0.2, -0.15) is 5.26 Å². The molecule has 136 valence electrons. The maximum absolute atomic E-state index is 10.7. The molecule has 1 aliphatic rings. The highest BCUT2D eigenvalue weighted by atomic mass is 35.5. The normalized spacial score (nSPS) is 20.7. The number of aliphatic hydroxyl groups excluding tert-OH is 1. The highest BCUT2D eigenvalue weighted by molar-refractivity contribution is 6.35. The van der Waals surface area contributed by atoms with Crippen LogP contribution in [0.1, 0.15) is 43.4 Å². The van der Waals surface area contributed by atoms with E-state index in [1.165, 1.54) is 0 Å². The predicted octanol–water partition coefficient (Wildman–Crippen LogP) is 4.86. The van der Waals surface area contributed by atoms with Crippen LogP contribution in [0, 0.1) is 18.3 Å². The maximum Gasteiger partial charge on any atom is 0.144 e. The van der Waals surface area contributed by atoms with Crippen LogP contribution in [0.15, 0.2) is 24.3 Å². The first-order valence-electron chi connectivity index (χ1n) is 8.59. The molecule has 0 spiro atoms. The van der Waals surface area contributed by atoms with Gasteiger partial charge in [0.25, 0.3) is 0 Å². The smallest absolute Gasteiger partial charge is 0.144 e. The zero-order valence-corrected chi connectivity index (χ0v) is 16.4. The lowest BCUT2D eigenvalue weighted by atomic mass is 9.77. The van der Waals surface area contributed by atoms with Gasteiger partial charge in [-0.1, -0.05) is 30.7 Å². The summed E-state index contributed by atoms with van der Waals surface area (Å²) in [6.45, 7) is 7.98. The molecule has 3 rings (SSSR count). The number of hydrogen-bond acceptors (Lipinski definition) is 4. The summed E-state index contributed by atoms with van der Waals surface area (Å²) < 4.78 is 5.50. The maximum atomic E-state index is 10.7. The average molecular weight is 371 g/mol. The first-order valence-corrected chi connectivity index (χ1v) is 8.97. The standard InChI is InChI=1S/C21H23ClN2O2/c1-11-9-15(14-8-6-7-13(10-23)19(14)26-5)17(22)16-12(2)20(25)21(3,4)24-18(11)16/h6-9,12,20,24-25H,1-5H3/t12-,20+/m1/s1. The summed E-state index contributed by atoms with van der Waals surface area (Å²) >= 11 is 6.82. The zero-order valence-electron chi connectivity index (χ0n) is 15.6. The van der Waals surface area contributed by atoms with Crippen molar-refractivity contribution < 1.29 is 9.84 Å².